The van der Waals surface area contributed by atoms with E-state index >= 15 is 0 Å². The highest BCUT2D eigenvalue weighted by Crippen LogP contribution is 2.29. The second-order valence-electron chi connectivity index (χ2n) is 4.42. The van der Waals surface area contributed by atoms with Crippen LogP contribution < -0.4 is 15.8 Å². The molecule has 0 aliphatic carbocycles. The Labute approximate surface area is 121 Å². The van der Waals surface area contributed by atoms with E-state index in [1.165, 1.54) is 18.2 Å². The molecule has 20 heavy (non-hydrogen) atoms. The third-order valence-electron chi connectivity index (χ3n) is 3.08. The first kappa shape index (κ1) is 16.2. The fraction of sp³-hybridized carbons (Fsp3) is 0.417. The number of hydrogen-bond donors (Lipinski definition) is 2. The number of nitro groups is 1. The van der Waals surface area contributed by atoms with Crippen molar-refractivity contribution in [2.24, 2.45) is 5.73 Å². The van der Waals surface area contributed by atoms with Gasteiger partial charge in [0.05, 0.1) is 28.2 Å². The largest absolute Gasteiger partial charge is 0.492 e. The van der Waals surface area contributed by atoms with E-state index in [4.69, 9.17) is 22.1 Å². The zero-order valence-electron chi connectivity index (χ0n) is 11.2. The topological polar surface area (TPSA) is 107 Å². The van der Waals surface area contributed by atoms with Gasteiger partial charge in [-0.15, -0.1) is 0 Å². The summed E-state index contributed by atoms with van der Waals surface area (Å²) in [5.74, 6) is -0.308. The number of nitrogens with one attached hydrogen (secondary N) is 1. The fourth-order valence-electron chi connectivity index (χ4n) is 1.45. The summed E-state index contributed by atoms with van der Waals surface area (Å²) in [6.45, 7) is 1.79. The first-order chi connectivity index (χ1) is 9.30. The van der Waals surface area contributed by atoms with Gasteiger partial charge >= 0.3 is 0 Å². The molecule has 0 aliphatic rings. The first-order valence-corrected chi connectivity index (χ1v) is 6.23. The maximum Gasteiger partial charge on any atom is 0.273 e. The van der Waals surface area contributed by atoms with Gasteiger partial charge in [-0.2, -0.15) is 0 Å². The van der Waals surface area contributed by atoms with Gasteiger partial charge in [0.2, 0.25) is 5.91 Å². The van der Waals surface area contributed by atoms with Crippen molar-refractivity contribution >= 4 is 23.2 Å². The van der Waals surface area contributed by atoms with Gasteiger partial charge in [0.25, 0.3) is 5.69 Å². The number of halogens is 1. The molecule has 1 amide bonds. The molecule has 0 aliphatic heterocycles. The number of ether oxygens (including phenoxy) is 1. The number of primary amides is 1. The molecule has 3 N–H and O–H groups in total. The van der Waals surface area contributed by atoms with E-state index in [2.05, 4.69) is 5.32 Å². The molecular weight excluding hydrogens is 286 g/mol. The lowest BCUT2D eigenvalue weighted by Gasteiger charge is -2.25. The molecule has 0 aromatic heterocycles. The third kappa shape index (κ3) is 3.82. The van der Waals surface area contributed by atoms with Gasteiger partial charge in [0.1, 0.15) is 5.75 Å². The molecule has 1 atom stereocenters. The number of nitro benzene ring substituents is 1. The Morgan fingerprint density at radius 2 is 2.25 bits per heavy atom. The highest BCUT2D eigenvalue weighted by Gasteiger charge is 2.28. The highest BCUT2D eigenvalue weighted by atomic mass is 35.5. The Balaban J connectivity index is 2.73. The van der Waals surface area contributed by atoms with E-state index in [1.54, 1.807) is 14.0 Å². The number of carbonyl (C=O) groups is 1. The van der Waals surface area contributed by atoms with Gasteiger partial charge in [0.15, 0.2) is 0 Å². The summed E-state index contributed by atoms with van der Waals surface area (Å²) < 4.78 is 5.39. The lowest BCUT2D eigenvalue weighted by Crippen LogP contribution is -2.52. The Bertz CT molecular complexity index is 523. The van der Waals surface area contributed by atoms with Crippen molar-refractivity contribution in [2.75, 3.05) is 13.7 Å². The third-order valence-corrected chi connectivity index (χ3v) is 3.39. The van der Waals surface area contributed by atoms with Crippen LogP contribution in [0.2, 0.25) is 5.02 Å². The number of nitrogens with zero attached hydrogens (tertiary/aromatic N) is 1. The van der Waals surface area contributed by atoms with E-state index in [9.17, 15) is 14.9 Å². The molecule has 0 spiro atoms. The lowest BCUT2D eigenvalue weighted by atomic mass is 9.98. The molecule has 8 heteroatoms. The van der Waals surface area contributed by atoms with Gasteiger partial charge in [-0.1, -0.05) is 11.6 Å². The van der Waals surface area contributed by atoms with Crippen LogP contribution in [-0.2, 0) is 4.79 Å². The molecule has 1 rings (SSSR count). The number of rotatable bonds is 7. The monoisotopic (exact) mass is 301 g/mol. The minimum atomic E-state index is -0.910. The van der Waals surface area contributed by atoms with Crippen molar-refractivity contribution in [2.45, 2.75) is 18.9 Å². The number of hydrogen-bond acceptors (Lipinski definition) is 5. The number of nitrogens with two attached hydrogens (primary N) is 1. The average Bonchev–Trinajstić information content (AvgIpc) is 2.40. The van der Waals surface area contributed by atoms with Crippen LogP contribution in [-0.4, -0.2) is 30.0 Å². The van der Waals surface area contributed by atoms with Crippen LogP contribution in [0.4, 0.5) is 5.69 Å². The van der Waals surface area contributed by atoms with Crippen LogP contribution in [0.1, 0.15) is 13.3 Å². The summed E-state index contributed by atoms with van der Waals surface area (Å²) in [5, 5.41) is 13.7. The minimum absolute atomic E-state index is 0.115. The highest BCUT2D eigenvalue weighted by molar-refractivity contribution is 6.32. The van der Waals surface area contributed by atoms with Crippen molar-refractivity contribution in [3.63, 3.8) is 0 Å². The fourth-order valence-corrected chi connectivity index (χ4v) is 1.62. The Morgan fingerprint density at radius 1 is 1.60 bits per heavy atom. The van der Waals surface area contributed by atoms with Crippen LogP contribution in [0.15, 0.2) is 18.2 Å². The first-order valence-electron chi connectivity index (χ1n) is 5.85. The average molecular weight is 302 g/mol. The maximum atomic E-state index is 11.3. The molecule has 110 valence electrons. The molecule has 0 heterocycles. The standard InChI is InChI=1S/C12H16ClN3O4/c1-12(15-2,11(14)17)5-6-20-10-7-8(16(18)19)3-4-9(10)13/h3-4,7,15H,5-6H2,1-2H3,(H2,14,17). The molecule has 0 fully saturated rings. The summed E-state index contributed by atoms with van der Waals surface area (Å²) in [7, 11) is 1.62. The maximum absolute atomic E-state index is 11.3. The quantitative estimate of drug-likeness (QED) is 0.586. The summed E-state index contributed by atoms with van der Waals surface area (Å²) in [5.41, 5.74) is 4.26. The molecular formula is C12H16ClN3O4. The molecule has 7 nitrogen and oxygen atoms in total. The Morgan fingerprint density at radius 3 is 2.75 bits per heavy atom. The van der Waals surface area contributed by atoms with Crippen LogP contribution in [0, 0.1) is 10.1 Å². The van der Waals surface area contributed by atoms with E-state index in [0.29, 0.717) is 6.42 Å². The predicted molar refractivity (Wildman–Crippen MR) is 74.9 cm³/mol. The van der Waals surface area contributed by atoms with Crippen molar-refractivity contribution in [1.82, 2.24) is 5.32 Å². The number of non-ortho nitro benzene ring substituents is 1. The Hall–Kier alpha value is -1.86. The predicted octanol–water partition coefficient (Wildman–Crippen LogP) is 1.48. The van der Waals surface area contributed by atoms with Crippen molar-refractivity contribution in [3.05, 3.63) is 33.3 Å². The van der Waals surface area contributed by atoms with Crippen LogP contribution in [0.5, 0.6) is 5.75 Å². The molecule has 0 bridgehead atoms. The number of likely N-dealkylation sites (N-methyl/N-ethyl adjacent to an activating group) is 1. The number of carbonyl (C=O) groups excluding carboxylic acids is 1. The normalized spacial score (nSPS) is 13.6. The summed E-state index contributed by atoms with van der Waals surface area (Å²) in [4.78, 5) is 21.4. The molecule has 0 radical (unpaired) electrons. The SMILES string of the molecule is CNC(C)(CCOc1cc([N+](=O)[O-])ccc1Cl)C(N)=O. The summed E-state index contributed by atoms with van der Waals surface area (Å²) in [6.07, 6.45) is 0.303. The summed E-state index contributed by atoms with van der Waals surface area (Å²) in [6, 6.07) is 3.92. The van der Waals surface area contributed by atoms with E-state index in [0.717, 1.165) is 0 Å². The molecule has 0 saturated heterocycles. The zero-order valence-corrected chi connectivity index (χ0v) is 11.9. The smallest absolute Gasteiger partial charge is 0.273 e. The van der Waals surface area contributed by atoms with Gasteiger partial charge in [-0.3, -0.25) is 14.9 Å². The van der Waals surface area contributed by atoms with E-state index < -0.39 is 16.4 Å². The molecule has 1 aromatic rings. The van der Waals surface area contributed by atoms with Gasteiger partial charge in [-0.05, 0) is 20.0 Å². The van der Waals surface area contributed by atoms with Crippen LogP contribution >= 0.6 is 11.6 Å². The second-order valence-corrected chi connectivity index (χ2v) is 4.82. The van der Waals surface area contributed by atoms with Crippen molar-refractivity contribution < 1.29 is 14.5 Å². The molecule has 1 aromatic carbocycles. The van der Waals surface area contributed by atoms with E-state index in [1.807, 2.05) is 0 Å². The zero-order chi connectivity index (χ0) is 15.3. The minimum Gasteiger partial charge on any atom is -0.492 e. The van der Waals surface area contributed by atoms with Crippen LogP contribution in [0.25, 0.3) is 0 Å². The van der Waals surface area contributed by atoms with Gasteiger partial charge in [-0.25, -0.2) is 0 Å². The second kappa shape index (κ2) is 6.53. The number of benzene rings is 1. The molecule has 0 saturated carbocycles. The van der Waals surface area contributed by atoms with Crippen molar-refractivity contribution in [1.29, 1.82) is 0 Å². The van der Waals surface area contributed by atoms with Gasteiger partial charge in [0, 0.05) is 12.5 Å². The Kier molecular flexibility index (Phi) is 5.29. The van der Waals surface area contributed by atoms with Crippen molar-refractivity contribution in [3.8, 4) is 5.75 Å². The van der Waals surface area contributed by atoms with Gasteiger partial charge < -0.3 is 15.8 Å². The lowest BCUT2D eigenvalue weighted by molar-refractivity contribution is -0.384. The number of amides is 1. The van der Waals surface area contributed by atoms with E-state index in [-0.39, 0.29) is 23.1 Å². The van der Waals surface area contributed by atoms with Crippen LogP contribution in [0.3, 0.4) is 0 Å². The summed E-state index contributed by atoms with van der Waals surface area (Å²) >= 11 is 5.89. The molecule has 1 unspecified atom stereocenters.